The molecule has 1 saturated heterocycles. The van der Waals surface area contributed by atoms with Crippen molar-refractivity contribution in [1.29, 1.82) is 0 Å². The molecule has 0 spiro atoms. The second-order valence-corrected chi connectivity index (χ2v) is 4.76. The van der Waals surface area contributed by atoms with Gasteiger partial charge in [-0.05, 0) is 11.6 Å². The van der Waals surface area contributed by atoms with Crippen molar-refractivity contribution in [2.45, 2.75) is 0 Å². The Bertz CT molecular complexity index is 463. The van der Waals surface area contributed by atoms with Gasteiger partial charge in [-0.25, -0.2) is 0 Å². The summed E-state index contributed by atoms with van der Waals surface area (Å²) >= 11 is 1.73. The highest BCUT2D eigenvalue weighted by atomic mass is 32.1. The molecule has 1 aliphatic rings. The third-order valence-corrected chi connectivity index (χ3v) is 3.70. The predicted octanol–water partition coefficient (Wildman–Crippen LogP) is 2.16. The van der Waals surface area contributed by atoms with Gasteiger partial charge in [-0.1, -0.05) is 36.4 Å². The lowest BCUT2D eigenvalue weighted by molar-refractivity contribution is 0.365. The molecular weight excluding hydrogens is 219 g/mol. The van der Waals surface area contributed by atoms with Crippen LogP contribution >= 0.6 is 11.3 Å². The summed E-state index contributed by atoms with van der Waals surface area (Å²) < 4.78 is 12.1. The van der Waals surface area contributed by atoms with Crippen molar-refractivity contribution >= 4 is 23.2 Å². The van der Waals surface area contributed by atoms with E-state index in [1.165, 1.54) is 10.4 Å². The molecule has 0 atom stereocenters. The van der Waals surface area contributed by atoms with E-state index in [1.54, 1.807) is 11.3 Å². The molecule has 0 unspecified atom stereocenters. The van der Waals surface area contributed by atoms with E-state index < -0.39 is 0 Å². The van der Waals surface area contributed by atoms with Crippen LogP contribution in [0.5, 0.6) is 0 Å². The molecule has 0 N–H and O–H groups in total. The zero-order chi connectivity index (χ0) is 10.8. The summed E-state index contributed by atoms with van der Waals surface area (Å²) in [5.74, 6) is 0. The maximum Gasteiger partial charge on any atom is 0.504 e. The van der Waals surface area contributed by atoms with Crippen LogP contribution in [0.4, 0.5) is 0 Å². The molecule has 0 saturated carbocycles. The van der Waals surface area contributed by atoms with Gasteiger partial charge >= 0.3 is 7.12 Å². The molecule has 2 aromatic rings. The van der Waals surface area contributed by atoms with Crippen LogP contribution in [0.3, 0.4) is 0 Å². The van der Waals surface area contributed by atoms with Gasteiger partial charge in [0, 0.05) is 9.65 Å². The molecule has 0 radical (unpaired) electrons. The SMILES string of the molecule is c1ccc(-c2ccc(B3OCCO3)s2)cc1. The minimum absolute atomic E-state index is 0.150. The second-order valence-electron chi connectivity index (χ2n) is 3.64. The average molecular weight is 230 g/mol. The molecule has 0 aliphatic carbocycles. The Labute approximate surface area is 99.0 Å². The molecule has 80 valence electrons. The van der Waals surface area contributed by atoms with Crippen LogP contribution in [0.15, 0.2) is 42.5 Å². The average Bonchev–Trinajstić information content (AvgIpc) is 3.01. The Morgan fingerprint density at radius 2 is 1.69 bits per heavy atom. The number of benzene rings is 1. The number of thiophene rings is 1. The van der Waals surface area contributed by atoms with Gasteiger partial charge in [0.2, 0.25) is 0 Å². The number of rotatable bonds is 2. The minimum Gasteiger partial charge on any atom is -0.404 e. The molecule has 2 heterocycles. The zero-order valence-corrected chi connectivity index (χ0v) is 9.57. The topological polar surface area (TPSA) is 18.5 Å². The Balaban J connectivity index is 1.87. The van der Waals surface area contributed by atoms with Crippen molar-refractivity contribution in [2.75, 3.05) is 13.2 Å². The van der Waals surface area contributed by atoms with E-state index in [0.29, 0.717) is 13.2 Å². The van der Waals surface area contributed by atoms with Crippen molar-refractivity contribution in [1.82, 2.24) is 0 Å². The quantitative estimate of drug-likeness (QED) is 0.736. The molecular formula is C12H11BO2S. The largest absolute Gasteiger partial charge is 0.504 e. The molecule has 1 fully saturated rings. The second kappa shape index (κ2) is 4.41. The maximum atomic E-state index is 5.48. The van der Waals surface area contributed by atoms with Crippen LogP contribution in [-0.2, 0) is 9.31 Å². The van der Waals surface area contributed by atoms with Crippen LogP contribution in [0.2, 0.25) is 0 Å². The zero-order valence-electron chi connectivity index (χ0n) is 8.76. The Kier molecular flexibility index (Phi) is 2.78. The lowest BCUT2D eigenvalue weighted by Crippen LogP contribution is -2.28. The van der Waals surface area contributed by atoms with Crippen LogP contribution < -0.4 is 4.78 Å². The van der Waals surface area contributed by atoms with E-state index in [4.69, 9.17) is 9.31 Å². The van der Waals surface area contributed by atoms with Gasteiger partial charge < -0.3 is 9.31 Å². The Morgan fingerprint density at radius 3 is 2.44 bits per heavy atom. The standard InChI is InChI=1S/C12H11BO2S/c1-2-4-10(5-3-1)11-6-7-12(16-11)13-14-8-9-15-13/h1-7H,8-9H2. The van der Waals surface area contributed by atoms with Gasteiger partial charge in [0.15, 0.2) is 0 Å². The first-order chi connectivity index (χ1) is 7.93. The molecule has 4 heteroatoms. The monoisotopic (exact) mass is 230 g/mol. The summed E-state index contributed by atoms with van der Waals surface area (Å²) in [6.07, 6.45) is 0. The van der Waals surface area contributed by atoms with Gasteiger partial charge in [-0.15, -0.1) is 11.3 Å². The lowest BCUT2D eigenvalue weighted by atomic mass is 9.88. The van der Waals surface area contributed by atoms with Crippen molar-refractivity contribution in [2.24, 2.45) is 0 Å². The van der Waals surface area contributed by atoms with Crippen molar-refractivity contribution in [3.63, 3.8) is 0 Å². The fraction of sp³-hybridized carbons (Fsp3) is 0.167. The smallest absolute Gasteiger partial charge is 0.404 e. The maximum absolute atomic E-state index is 5.48. The normalized spacial score (nSPS) is 15.6. The molecule has 1 aromatic heterocycles. The third-order valence-electron chi connectivity index (χ3n) is 2.54. The van der Waals surface area contributed by atoms with E-state index in [2.05, 4.69) is 36.4 Å². The molecule has 0 bridgehead atoms. The summed E-state index contributed by atoms with van der Waals surface area (Å²) in [7, 11) is -0.150. The van der Waals surface area contributed by atoms with Crippen molar-refractivity contribution < 1.29 is 9.31 Å². The molecule has 1 aliphatic heterocycles. The van der Waals surface area contributed by atoms with Gasteiger partial charge in [0.05, 0.1) is 13.2 Å². The molecule has 3 rings (SSSR count). The van der Waals surface area contributed by atoms with E-state index >= 15 is 0 Å². The van der Waals surface area contributed by atoms with Crippen molar-refractivity contribution in [3.8, 4) is 10.4 Å². The van der Waals surface area contributed by atoms with Gasteiger partial charge in [-0.3, -0.25) is 0 Å². The molecule has 16 heavy (non-hydrogen) atoms. The van der Waals surface area contributed by atoms with Crippen LogP contribution in [0.1, 0.15) is 0 Å². The van der Waals surface area contributed by atoms with Crippen LogP contribution in [-0.4, -0.2) is 20.3 Å². The number of hydrogen-bond donors (Lipinski definition) is 0. The molecule has 0 amide bonds. The van der Waals surface area contributed by atoms with Crippen LogP contribution in [0.25, 0.3) is 10.4 Å². The lowest BCUT2D eigenvalue weighted by Gasteiger charge is -1.99. The van der Waals surface area contributed by atoms with E-state index in [9.17, 15) is 0 Å². The van der Waals surface area contributed by atoms with Crippen LogP contribution in [0, 0.1) is 0 Å². The summed E-state index contributed by atoms with van der Waals surface area (Å²) in [6.45, 7) is 1.40. The Hall–Kier alpha value is -1.10. The first-order valence-corrected chi connectivity index (χ1v) is 6.13. The third kappa shape index (κ3) is 1.91. The predicted molar refractivity (Wildman–Crippen MR) is 67.0 cm³/mol. The summed E-state index contributed by atoms with van der Waals surface area (Å²) in [6, 6.07) is 14.6. The van der Waals surface area contributed by atoms with Crippen molar-refractivity contribution in [3.05, 3.63) is 42.5 Å². The van der Waals surface area contributed by atoms with E-state index in [0.717, 1.165) is 4.78 Å². The molecule has 1 aromatic carbocycles. The fourth-order valence-electron chi connectivity index (χ4n) is 1.76. The Morgan fingerprint density at radius 1 is 0.938 bits per heavy atom. The number of hydrogen-bond acceptors (Lipinski definition) is 3. The summed E-state index contributed by atoms with van der Waals surface area (Å²) in [5, 5.41) is 0. The van der Waals surface area contributed by atoms with E-state index in [1.807, 2.05) is 6.07 Å². The fourth-order valence-corrected chi connectivity index (χ4v) is 2.77. The van der Waals surface area contributed by atoms with Gasteiger partial charge in [-0.2, -0.15) is 0 Å². The summed E-state index contributed by atoms with van der Waals surface area (Å²) in [4.78, 5) is 1.26. The summed E-state index contributed by atoms with van der Waals surface area (Å²) in [5.41, 5.74) is 1.25. The van der Waals surface area contributed by atoms with E-state index in [-0.39, 0.29) is 7.12 Å². The highest BCUT2D eigenvalue weighted by molar-refractivity contribution is 7.25. The first kappa shape index (κ1) is 10.1. The van der Waals surface area contributed by atoms with Gasteiger partial charge in [0.1, 0.15) is 0 Å². The van der Waals surface area contributed by atoms with Gasteiger partial charge in [0.25, 0.3) is 0 Å². The first-order valence-electron chi connectivity index (χ1n) is 5.32. The highest BCUT2D eigenvalue weighted by Gasteiger charge is 2.27. The highest BCUT2D eigenvalue weighted by Crippen LogP contribution is 2.23. The molecule has 2 nitrogen and oxygen atoms in total. The minimum atomic E-state index is -0.150.